The van der Waals surface area contributed by atoms with Gasteiger partial charge in [0.05, 0.1) is 11.8 Å². The molecule has 4 heteroatoms. The number of hydrogen-bond donors (Lipinski definition) is 1. The van der Waals surface area contributed by atoms with E-state index in [0.29, 0.717) is 11.4 Å². The van der Waals surface area contributed by atoms with Crippen molar-refractivity contribution < 1.29 is 9.53 Å². The molecule has 0 radical (unpaired) electrons. The molecule has 1 aromatic rings. The summed E-state index contributed by atoms with van der Waals surface area (Å²) in [5, 5.41) is 0. The summed E-state index contributed by atoms with van der Waals surface area (Å²) in [5.41, 5.74) is 1.99. The average Bonchev–Trinajstić information content (AvgIpc) is 2.63. The molecule has 0 aliphatic rings. The molecule has 0 amide bonds. The summed E-state index contributed by atoms with van der Waals surface area (Å²) in [7, 11) is 1.64. The van der Waals surface area contributed by atoms with Crippen LogP contribution in [0.15, 0.2) is 11.2 Å². The number of aromatic amines is 1. The Hall–Kier alpha value is -1.42. The van der Waals surface area contributed by atoms with Gasteiger partial charge in [-0.05, 0) is 13.1 Å². The van der Waals surface area contributed by atoms with Crippen LogP contribution in [0.1, 0.15) is 42.4 Å². The molecular weight excluding hydrogens is 192 g/mol. The van der Waals surface area contributed by atoms with Crippen molar-refractivity contribution in [3.8, 4) is 0 Å². The van der Waals surface area contributed by atoms with E-state index in [1.165, 1.54) is 6.92 Å². The Morgan fingerprint density at radius 3 is 2.80 bits per heavy atom. The molecule has 0 aliphatic carbocycles. The lowest BCUT2D eigenvalue weighted by atomic mass is 10.1. The molecule has 1 atom stereocenters. The molecule has 1 heterocycles. The number of methoxy groups -OCH3 is 1. The maximum atomic E-state index is 11.3. The molecule has 15 heavy (non-hydrogen) atoms. The minimum atomic E-state index is -0.0467. The molecular formula is C11H16N2O2. The zero-order valence-corrected chi connectivity index (χ0v) is 9.33. The van der Waals surface area contributed by atoms with Gasteiger partial charge in [-0.2, -0.15) is 0 Å². The normalized spacial score (nSPS) is 12.5. The van der Waals surface area contributed by atoms with Gasteiger partial charge in [0.1, 0.15) is 5.69 Å². The molecule has 0 aromatic carbocycles. The van der Waals surface area contributed by atoms with E-state index < -0.39 is 0 Å². The Bertz CT molecular complexity index is 365. The number of ether oxygens (including phenoxy) is 1. The third kappa shape index (κ3) is 2.15. The summed E-state index contributed by atoms with van der Waals surface area (Å²) in [4.78, 5) is 18.1. The maximum Gasteiger partial charge on any atom is 0.178 e. The standard InChI is InChI=1S/C11H16N2O2/c1-5-9(15-4)8-6-13-10(7(2)14)11(8)12-3/h6,9,13H,3,5H2,1-2,4H3. The van der Waals surface area contributed by atoms with Gasteiger partial charge in [-0.25, -0.2) is 0 Å². The molecule has 0 spiro atoms. The number of carbonyl (C=O) groups is 1. The van der Waals surface area contributed by atoms with E-state index in [2.05, 4.69) is 16.7 Å². The topological polar surface area (TPSA) is 54.4 Å². The Morgan fingerprint density at radius 1 is 1.73 bits per heavy atom. The highest BCUT2D eigenvalue weighted by Crippen LogP contribution is 2.32. The molecule has 0 bridgehead atoms. The number of nitrogens with one attached hydrogen (secondary N) is 1. The van der Waals surface area contributed by atoms with E-state index in [9.17, 15) is 4.79 Å². The van der Waals surface area contributed by atoms with E-state index in [1.54, 1.807) is 13.3 Å². The van der Waals surface area contributed by atoms with E-state index in [4.69, 9.17) is 4.74 Å². The summed E-state index contributed by atoms with van der Waals surface area (Å²) in [5.74, 6) is -0.0467. The fraction of sp³-hybridized carbons (Fsp3) is 0.455. The van der Waals surface area contributed by atoms with Gasteiger partial charge in [0.25, 0.3) is 0 Å². The van der Waals surface area contributed by atoms with Crippen molar-refractivity contribution in [1.29, 1.82) is 0 Å². The lowest BCUT2D eigenvalue weighted by Crippen LogP contribution is -1.99. The van der Waals surface area contributed by atoms with E-state index in [0.717, 1.165) is 12.0 Å². The summed E-state index contributed by atoms with van der Waals surface area (Å²) in [6.07, 6.45) is 2.54. The molecule has 1 N–H and O–H groups in total. The third-order valence-electron chi connectivity index (χ3n) is 2.39. The number of hydrogen-bond acceptors (Lipinski definition) is 3. The fourth-order valence-corrected chi connectivity index (χ4v) is 1.63. The highest BCUT2D eigenvalue weighted by Gasteiger charge is 2.19. The Morgan fingerprint density at radius 2 is 2.40 bits per heavy atom. The molecule has 4 nitrogen and oxygen atoms in total. The van der Waals surface area contributed by atoms with E-state index >= 15 is 0 Å². The molecule has 0 saturated carbocycles. The first kappa shape index (κ1) is 11.7. The Balaban J connectivity index is 3.19. The van der Waals surface area contributed by atoms with Crippen LogP contribution in [0.5, 0.6) is 0 Å². The summed E-state index contributed by atoms with van der Waals surface area (Å²) < 4.78 is 5.30. The summed E-state index contributed by atoms with van der Waals surface area (Å²) in [6, 6.07) is 0. The highest BCUT2D eigenvalue weighted by atomic mass is 16.5. The second kappa shape index (κ2) is 4.89. The number of aliphatic imine (C=N–C) groups is 1. The van der Waals surface area contributed by atoms with Crippen LogP contribution in [0.2, 0.25) is 0 Å². The molecule has 0 saturated heterocycles. The second-order valence-electron chi connectivity index (χ2n) is 3.31. The van der Waals surface area contributed by atoms with Gasteiger partial charge in [0.15, 0.2) is 5.78 Å². The van der Waals surface area contributed by atoms with Crippen LogP contribution in [0.25, 0.3) is 0 Å². The van der Waals surface area contributed by atoms with Crippen LogP contribution in [-0.4, -0.2) is 24.6 Å². The number of nitrogens with zero attached hydrogens (tertiary/aromatic N) is 1. The molecule has 0 aliphatic heterocycles. The van der Waals surface area contributed by atoms with Crippen molar-refractivity contribution in [3.05, 3.63) is 17.5 Å². The van der Waals surface area contributed by atoms with Crippen LogP contribution in [0.3, 0.4) is 0 Å². The minimum Gasteiger partial charge on any atom is -0.377 e. The zero-order valence-electron chi connectivity index (χ0n) is 9.33. The Kier molecular flexibility index (Phi) is 3.80. The van der Waals surface area contributed by atoms with Crippen LogP contribution in [0.4, 0.5) is 5.69 Å². The predicted octanol–water partition coefficient (Wildman–Crippen LogP) is 2.65. The average molecular weight is 208 g/mol. The van der Waals surface area contributed by atoms with Crippen LogP contribution >= 0.6 is 0 Å². The van der Waals surface area contributed by atoms with Gasteiger partial charge in [-0.3, -0.25) is 9.79 Å². The van der Waals surface area contributed by atoms with Crippen molar-refractivity contribution in [2.45, 2.75) is 26.4 Å². The first-order valence-corrected chi connectivity index (χ1v) is 4.87. The van der Waals surface area contributed by atoms with Gasteiger partial charge in [-0.1, -0.05) is 6.92 Å². The van der Waals surface area contributed by atoms with Crippen molar-refractivity contribution in [2.24, 2.45) is 4.99 Å². The second-order valence-corrected chi connectivity index (χ2v) is 3.31. The molecule has 1 unspecified atom stereocenters. The highest BCUT2D eigenvalue weighted by molar-refractivity contribution is 5.98. The molecule has 0 fully saturated rings. The summed E-state index contributed by atoms with van der Waals surface area (Å²) >= 11 is 0. The Labute approximate surface area is 89.4 Å². The smallest absolute Gasteiger partial charge is 0.178 e. The minimum absolute atomic E-state index is 0.0464. The SMILES string of the molecule is C=Nc1c(C(CC)OC)c[nH]c1C(C)=O. The zero-order chi connectivity index (χ0) is 11.4. The predicted molar refractivity (Wildman–Crippen MR) is 60.0 cm³/mol. The van der Waals surface area contributed by atoms with Gasteiger partial charge >= 0.3 is 0 Å². The maximum absolute atomic E-state index is 11.3. The number of aromatic nitrogens is 1. The van der Waals surface area contributed by atoms with E-state index in [-0.39, 0.29) is 11.9 Å². The van der Waals surface area contributed by atoms with Crippen molar-refractivity contribution in [2.75, 3.05) is 7.11 Å². The number of H-pyrrole nitrogens is 1. The van der Waals surface area contributed by atoms with Crippen LogP contribution in [0, 0.1) is 0 Å². The molecule has 1 rings (SSSR count). The van der Waals surface area contributed by atoms with Crippen LogP contribution < -0.4 is 0 Å². The number of ketones is 1. The quantitative estimate of drug-likeness (QED) is 0.597. The van der Waals surface area contributed by atoms with Crippen molar-refractivity contribution >= 4 is 18.2 Å². The first-order valence-electron chi connectivity index (χ1n) is 4.87. The molecule has 1 aromatic heterocycles. The van der Waals surface area contributed by atoms with Gasteiger partial charge in [0.2, 0.25) is 0 Å². The fourth-order valence-electron chi connectivity index (χ4n) is 1.63. The largest absolute Gasteiger partial charge is 0.377 e. The van der Waals surface area contributed by atoms with Crippen molar-refractivity contribution in [1.82, 2.24) is 4.98 Å². The van der Waals surface area contributed by atoms with E-state index in [1.807, 2.05) is 6.92 Å². The molecule has 82 valence electrons. The third-order valence-corrected chi connectivity index (χ3v) is 2.39. The number of rotatable bonds is 5. The first-order chi connectivity index (χ1) is 7.15. The van der Waals surface area contributed by atoms with Gasteiger partial charge < -0.3 is 9.72 Å². The lowest BCUT2D eigenvalue weighted by molar-refractivity contribution is 0.100. The van der Waals surface area contributed by atoms with Gasteiger partial charge in [-0.15, -0.1) is 0 Å². The van der Waals surface area contributed by atoms with Crippen molar-refractivity contribution in [3.63, 3.8) is 0 Å². The van der Waals surface area contributed by atoms with Gasteiger partial charge in [0, 0.05) is 25.8 Å². The number of Topliss-reactive ketones (excluding diaryl/α,β-unsaturated/α-hetero) is 1. The monoisotopic (exact) mass is 208 g/mol. The summed E-state index contributed by atoms with van der Waals surface area (Å²) in [6.45, 7) is 6.99. The number of carbonyl (C=O) groups excluding carboxylic acids is 1. The van der Waals surface area contributed by atoms with Crippen LogP contribution in [-0.2, 0) is 4.74 Å². The lowest BCUT2D eigenvalue weighted by Gasteiger charge is -2.12.